The highest BCUT2D eigenvalue weighted by Crippen LogP contribution is 2.24. The van der Waals surface area contributed by atoms with E-state index >= 15 is 0 Å². The fourth-order valence-electron chi connectivity index (χ4n) is 2.61. The molecule has 20 heavy (non-hydrogen) atoms. The van der Waals surface area contributed by atoms with Gasteiger partial charge in [-0.25, -0.2) is 8.42 Å². The number of nitrogen functional groups attached to an aromatic ring is 1. The molecule has 1 aliphatic rings. The molecule has 0 heterocycles. The summed E-state index contributed by atoms with van der Waals surface area (Å²) in [4.78, 5) is 0. The van der Waals surface area contributed by atoms with E-state index in [0.29, 0.717) is 18.7 Å². The maximum absolute atomic E-state index is 12.2. The lowest BCUT2D eigenvalue weighted by atomic mass is 10.0. The van der Waals surface area contributed by atoms with Gasteiger partial charge in [0.15, 0.2) is 9.84 Å². The minimum atomic E-state index is -2.94. The van der Waals surface area contributed by atoms with Gasteiger partial charge in [-0.3, -0.25) is 0 Å². The zero-order valence-electron chi connectivity index (χ0n) is 11.8. The number of hydrogen-bond donors (Lipinski definition) is 1. The van der Waals surface area contributed by atoms with Crippen molar-refractivity contribution in [3.63, 3.8) is 0 Å². The summed E-state index contributed by atoms with van der Waals surface area (Å²) >= 11 is 0. The van der Waals surface area contributed by atoms with Crippen LogP contribution in [0.15, 0.2) is 24.3 Å². The Hall–Kier alpha value is -1.23. The Morgan fingerprint density at radius 2 is 1.75 bits per heavy atom. The van der Waals surface area contributed by atoms with Crippen LogP contribution in [-0.4, -0.2) is 26.0 Å². The zero-order valence-corrected chi connectivity index (χ0v) is 12.6. The van der Waals surface area contributed by atoms with Crippen LogP contribution in [-0.2, 0) is 9.84 Å². The molecule has 0 radical (unpaired) electrons. The molecule has 0 aromatic heterocycles. The molecular weight excluding hydrogens is 274 g/mol. The minimum absolute atomic E-state index is 0.118. The zero-order chi connectivity index (χ0) is 14.4. The van der Waals surface area contributed by atoms with E-state index in [1.165, 1.54) is 6.42 Å². The Morgan fingerprint density at radius 1 is 1.10 bits per heavy atom. The lowest BCUT2D eigenvalue weighted by Crippen LogP contribution is -2.27. The van der Waals surface area contributed by atoms with Crippen molar-refractivity contribution in [2.24, 2.45) is 0 Å². The van der Waals surface area contributed by atoms with Gasteiger partial charge in [0, 0.05) is 5.69 Å². The molecule has 1 saturated carbocycles. The first-order valence-electron chi connectivity index (χ1n) is 7.28. The molecule has 0 saturated heterocycles. The number of nitrogens with two attached hydrogens (primary N) is 1. The predicted octanol–water partition coefficient (Wildman–Crippen LogP) is 2.79. The molecule has 0 bridgehead atoms. The molecule has 5 heteroatoms. The second-order valence-electron chi connectivity index (χ2n) is 5.40. The van der Waals surface area contributed by atoms with Crippen molar-refractivity contribution >= 4 is 15.5 Å². The van der Waals surface area contributed by atoms with Crippen molar-refractivity contribution in [2.45, 2.75) is 43.8 Å². The van der Waals surface area contributed by atoms with E-state index in [4.69, 9.17) is 10.5 Å². The molecule has 1 aromatic carbocycles. The third-order valence-electron chi connectivity index (χ3n) is 3.78. The van der Waals surface area contributed by atoms with E-state index < -0.39 is 9.84 Å². The number of benzene rings is 1. The Balaban J connectivity index is 1.73. The molecule has 0 aliphatic heterocycles. The Morgan fingerprint density at radius 3 is 2.40 bits per heavy atom. The van der Waals surface area contributed by atoms with Crippen molar-refractivity contribution in [3.8, 4) is 5.75 Å². The largest absolute Gasteiger partial charge is 0.494 e. The molecule has 1 aromatic rings. The summed E-state index contributed by atoms with van der Waals surface area (Å²) in [5.74, 6) is 0.960. The van der Waals surface area contributed by atoms with Crippen LogP contribution < -0.4 is 10.5 Å². The van der Waals surface area contributed by atoms with Crippen molar-refractivity contribution in [1.29, 1.82) is 0 Å². The smallest absolute Gasteiger partial charge is 0.153 e. The molecule has 2 N–H and O–H groups in total. The van der Waals surface area contributed by atoms with Gasteiger partial charge >= 0.3 is 0 Å². The lowest BCUT2D eigenvalue weighted by Gasteiger charge is -2.21. The minimum Gasteiger partial charge on any atom is -0.494 e. The van der Waals surface area contributed by atoms with Crippen molar-refractivity contribution in [2.75, 3.05) is 18.1 Å². The van der Waals surface area contributed by atoms with Gasteiger partial charge in [0.25, 0.3) is 0 Å². The molecule has 1 aliphatic carbocycles. The Labute approximate surface area is 121 Å². The quantitative estimate of drug-likeness (QED) is 0.647. The van der Waals surface area contributed by atoms with Gasteiger partial charge in [-0.15, -0.1) is 0 Å². The van der Waals surface area contributed by atoms with Gasteiger partial charge < -0.3 is 10.5 Å². The van der Waals surface area contributed by atoms with Crippen LogP contribution in [0, 0.1) is 0 Å². The highest BCUT2D eigenvalue weighted by Gasteiger charge is 2.26. The number of hydrogen-bond acceptors (Lipinski definition) is 4. The Kier molecular flexibility index (Phi) is 5.29. The van der Waals surface area contributed by atoms with E-state index in [-0.39, 0.29) is 11.0 Å². The maximum Gasteiger partial charge on any atom is 0.153 e. The molecule has 0 unspecified atom stereocenters. The summed E-state index contributed by atoms with van der Waals surface area (Å²) in [5.41, 5.74) is 6.28. The summed E-state index contributed by atoms with van der Waals surface area (Å²) in [5, 5.41) is -0.118. The number of anilines is 1. The van der Waals surface area contributed by atoms with Gasteiger partial charge in [-0.2, -0.15) is 0 Å². The van der Waals surface area contributed by atoms with Gasteiger partial charge in [-0.05, 0) is 43.5 Å². The molecule has 0 spiro atoms. The molecule has 112 valence electrons. The third-order valence-corrected chi connectivity index (χ3v) is 6.13. The van der Waals surface area contributed by atoms with Crippen molar-refractivity contribution in [3.05, 3.63) is 24.3 Å². The number of sulfone groups is 1. The molecular formula is C15H23NO3S. The van der Waals surface area contributed by atoms with Crippen LogP contribution in [0.25, 0.3) is 0 Å². The van der Waals surface area contributed by atoms with Crippen LogP contribution in [0.5, 0.6) is 5.75 Å². The monoisotopic (exact) mass is 297 g/mol. The van der Waals surface area contributed by atoms with Gasteiger partial charge in [0.1, 0.15) is 5.75 Å². The van der Waals surface area contributed by atoms with Crippen LogP contribution in [0.1, 0.15) is 38.5 Å². The van der Waals surface area contributed by atoms with E-state index in [0.717, 1.165) is 31.4 Å². The molecule has 4 nitrogen and oxygen atoms in total. The first-order chi connectivity index (χ1) is 9.58. The summed E-state index contributed by atoms with van der Waals surface area (Å²) in [6.07, 6.45) is 5.48. The predicted molar refractivity (Wildman–Crippen MR) is 81.6 cm³/mol. The standard InChI is InChI=1S/C15H23NO3S/c16-13-7-9-14(10-8-13)19-11-4-12-20(17,18)15-5-2-1-3-6-15/h7-10,15H,1-6,11-12,16H2. The highest BCUT2D eigenvalue weighted by atomic mass is 32.2. The van der Waals surface area contributed by atoms with Crippen molar-refractivity contribution in [1.82, 2.24) is 0 Å². The fourth-order valence-corrected chi connectivity index (χ4v) is 4.51. The maximum atomic E-state index is 12.2. The third kappa shape index (κ3) is 4.40. The molecule has 0 amide bonds. The van der Waals surface area contributed by atoms with Crippen LogP contribution in [0.4, 0.5) is 5.69 Å². The van der Waals surface area contributed by atoms with Gasteiger partial charge in [0.2, 0.25) is 0 Å². The van der Waals surface area contributed by atoms with Crippen LogP contribution >= 0.6 is 0 Å². The van der Waals surface area contributed by atoms with E-state index in [2.05, 4.69) is 0 Å². The first-order valence-corrected chi connectivity index (χ1v) is 8.99. The van der Waals surface area contributed by atoms with Gasteiger partial charge in [0.05, 0.1) is 17.6 Å². The Bertz CT molecular complexity index is 504. The normalized spacial score (nSPS) is 17.0. The second kappa shape index (κ2) is 6.97. The van der Waals surface area contributed by atoms with E-state index in [1.807, 2.05) is 0 Å². The summed E-state index contributed by atoms with van der Waals surface area (Å²) in [6.45, 7) is 0.426. The molecule has 0 atom stereocenters. The van der Waals surface area contributed by atoms with E-state index in [9.17, 15) is 8.42 Å². The number of rotatable bonds is 6. The summed E-state index contributed by atoms with van der Waals surface area (Å²) in [7, 11) is -2.94. The molecule has 2 rings (SSSR count). The van der Waals surface area contributed by atoms with E-state index in [1.54, 1.807) is 24.3 Å². The summed E-state index contributed by atoms with van der Waals surface area (Å²) in [6, 6.07) is 7.14. The fraction of sp³-hybridized carbons (Fsp3) is 0.600. The molecule has 1 fully saturated rings. The SMILES string of the molecule is Nc1ccc(OCCCS(=O)(=O)C2CCCCC2)cc1. The average Bonchev–Trinajstić information content (AvgIpc) is 2.46. The van der Waals surface area contributed by atoms with Crippen LogP contribution in [0.2, 0.25) is 0 Å². The average molecular weight is 297 g/mol. The van der Waals surface area contributed by atoms with Crippen molar-refractivity contribution < 1.29 is 13.2 Å². The highest BCUT2D eigenvalue weighted by molar-refractivity contribution is 7.92. The number of ether oxygens (including phenoxy) is 1. The van der Waals surface area contributed by atoms with Gasteiger partial charge in [-0.1, -0.05) is 19.3 Å². The lowest BCUT2D eigenvalue weighted by molar-refractivity contribution is 0.317. The first kappa shape index (κ1) is 15.2. The van der Waals surface area contributed by atoms with Crippen LogP contribution in [0.3, 0.4) is 0 Å². The second-order valence-corrected chi connectivity index (χ2v) is 7.80. The summed E-state index contributed by atoms with van der Waals surface area (Å²) < 4.78 is 29.9. The topological polar surface area (TPSA) is 69.4 Å².